The Hall–Kier alpha value is -1.56. The Labute approximate surface area is 147 Å². The second kappa shape index (κ2) is 11.9. The molecule has 0 heterocycles. The van der Waals surface area contributed by atoms with Crippen molar-refractivity contribution >= 4 is 27.8 Å². The molecule has 0 aliphatic heterocycles. The standard InChI is InChI=1S/C17H27BrN4O/c1-3-5-10-21-17(19-4-2)22-12-7-11-20-16(23)14-8-6-9-15(18)13-14/h6,8-9,13H,3-5,7,10-12H2,1-2H3,(H,20,23)(H2,19,21,22). The lowest BCUT2D eigenvalue weighted by atomic mass is 10.2. The van der Waals surface area contributed by atoms with Gasteiger partial charge in [0.2, 0.25) is 0 Å². The summed E-state index contributed by atoms with van der Waals surface area (Å²) in [4.78, 5) is 16.5. The third kappa shape index (κ3) is 8.59. The molecule has 23 heavy (non-hydrogen) atoms. The second-order valence-electron chi connectivity index (χ2n) is 5.16. The number of halogens is 1. The van der Waals surface area contributed by atoms with Crippen molar-refractivity contribution in [2.45, 2.75) is 33.1 Å². The summed E-state index contributed by atoms with van der Waals surface area (Å²) >= 11 is 3.37. The number of nitrogens with zero attached hydrogens (tertiary/aromatic N) is 1. The molecule has 0 aromatic heterocycles. The van der Waals surface area contributed by atoms with E-state index in [4.69, 9.17) is 0 Å². The van der Waals surface area contributed by atoms with Gasteiger partial charge in [-0.2, -0.15) is 0 Å². The van der Waals surface area contributed by atoms with E-state index >= 15 is 0 Å². The predicted molar refractivity (Wildman–Crippen MR) is 100.0 cm³/mol. The largest absolute Gasteiger partial charge is 0.357 e. The maximum absolute atomic E-state index is 12.0. The van der Waals surface area contributed by atoms with Gasteiger partial charge < -0.3 is 16.0 Å². The van der Waals surface area contributed by atoms with Gasteiger partial charge in [-0.3, -0.25) is 9.79 Å². The van der Waals surface area contributed by atoms with Crippen molar-refractivity contribution in [3.63, 3.8) is 0 Å². The number of carbonyl (C=O) groups excluding carboxylic acids is 1. The van der Waals surface area contributed by atoms with Crippen LogP contribution in [0.25, 0.3) is 0 Å². The Bertz CT molecular complexity index is 505. The Morgan fingerprint density at radius 2 is 1.91 bits per heavy atom. The first-order valence-electron chi connectivity index (χ1n) is 8.23. The van der Waals surface area contributed by atoms with Crippen LogP contribution in [0.1, 0.15) is 43.5 Å². The van der Waals surface area contributed by atoms with E-state index in [2.05, 4.69) is 50.7 Å². The van der Waals surface area contributed by atoms with Crippen molar-refractivity contribution in [1.82, 2.24) is 16.0 Å². The smallest absolute Gasteiger partial charge is 0.251 e. The molecule has 0 aliphatic carbocycles. The van der Waals surface area contributed by atoms with Crippen LogP contribution in [0, 0.1) is 0 Å². The highest BCUT2D eigenvalue weighted by Crippen LogP contribution is 2.11. The summed E-state index contributed by atoms with van der Waals surface area (Å²) in [6, 6.07) is 7.38. The zero-order valence-electron chi connectivity index (χ0n) is 14.0. The second-order valence-corrected chi connectivity index (χ2v) is 6.08. The molecule has 0 radical (unpaired) electrons. The summed E-state index contributed by atoms with van der Waals surface area (Å²) in [7, 11) is 0. The molecule has 1 amide bonds. The first-order chi connectivity index (χ1) is 11.2. The minimum atomic E-state index is -0.0525. The van der Waals surface area contributed by atoms with Gasteiger partial charge in [0.25, 0.3) is 5.91 Å². The summed E-state index contributed by atoms with van der Waals surface area (Å²) in [5, 5.41) is 9.43. The van der Waals surface area contributed by atoms with Crippen molar-refractivity contribution in [2.24, 2.45) is 4.99 Å². The van der Waals surface area contributed by atoms with Gasteiger partial charge >= 0.3 is 0 Å². The number of amides is 1. The fourth-order valence-corrected chi connectivity index (χ4v) is 2.33. The minimum Gasteiger partial charge on any atom is -0.357 e. The van der Waals surface area contributed by atoms with E-state index in [9.17, 15) is 4.79 Å². The number of aliphatic imine (C=N–C) groups is 1. The fraction of sp³-hybridized carbons (Fsp3) is 0.529. The quantitative estimate of drug-likeness (QED) is 0.349. The van der Waals surface area contributed by atoms with Gasteiger partial charge in [-0.15, -0.1) is 0 Å². The van der Waals surface area contributed by atoms with Gasteiger partial charge in [0.1, 0.15) is 0 Å². The summed E-state index contributed by atoms with van der Waals surface area (Å²) in [5.41, 5.74) is 0.664. The van der Waals surface area contributed by atoms with Crippen LogP contribution in [-0.2, 0) is 0 Å². The predicted octanol–water partition coefficient (Wildman–Crippen LogP) is 2.92. The van der Waals surface area contributed by atoms with Crippen LogP contribution in [0.3, 0.4) is 0 Å². The molecule has 0 spiro atoms. The number of benzene rings is 1. The lowest BCUT2D eigenvalue weighted by molar-refractivity contribution is 0.0953. The average molecular weight is 383 g/mol. The Morgan fingerprint density at radius 1 is 1.13 bits per heavy atom. The molecule has 128 valence electrons. The fourth-order valence-electron chi connectivity index (χ4n) is 1.93. The molecule has 5 nitrogen and oxygen atoms in total. The number of unbranched alkanes of at least 4 members (excludes halogenated alkanes) is 1. The third-order valence-electron chi connectivity index (χ3n) is 3.14. The number of hydrogen-bond acceptors (Lipinski definition) is 2. The minimum absolute atomic E-state index is 0.0525. The van der Waals surface area contributed by atoms with Gasteiger partial charge in [-0.25, -0.2) is 0 Å². The van der Waals surface area contributed by atoms with Gasteiger partial charge in [0.15, 0.2) is 5.96 Å². The van der Waals surface area contributed by atoms with Gasteiger partial charge in [-0.1, -0.05) is 35.3 Å². The topological polar surface area (TPSA) is 65.5 Å². The molecule has 0 fully saturated rings. The molecule has 1 aromatic carbocycles. The molecule has 0 saturated carbocycles. The van der Waals surface area contributed by atoms with Crippen LogP contribution in [-0.4, -0.2) is 38.0 Å². The zero-order valence-corrected chi connectivity index (χ0v) is 15.6. The van der Waals surface area contributed by atoms with E-state index in [1.165, 1.54) is 0 Å². The van der Waals surface area contributed by atoms with E-state index in [0.717, 1.165) is 42.8 Å². The van der Waals surface area contributed by atoms with E-state index in [1.807, 2.05) is 18.2 Å². The molecule has 3 N–H and O–H groups in total. The number of carbonyl (C=O) groups is 1. The molecular formula is C17H27BrN4O. The van der Waals surface area contributed by atoms with Crippen LogP contribution in [0.2, 0.25) is 0 Å². The lowest BCUT2D eigenvalue weighted by Crippen LogP contribution is -2.38. The van der Waals surface area contributed by atoms with E-state index in [0.29, 0.717) is 18.7 Å². The summed E-state index contributed by atoms with van der Waals surface area (Å²) in [6.07, 6.45) is 3.10. The molecule has 0 unspecified atom stereocenters. The van der Waals surface area contributed by atoms with Crippen LogP contribution in [0.15, 0.2) is 33.7 Å². The van der Waals surface area contributed by atoms with Gasteiger partial charge in [-0.05, 0) is 38.0 Å². The Kier molecular flexibility index (Phi) is 10.1. The average Bonchev–Trinajstić information content (AvgIpc) is 2.54. The Morgan fingerprint density at radius 3 is 2.61 bits per heavy atom. The highest BCUT2D eigenvalue weighted by Gasteiger charge is 2.04. The Balaban J connectivity index is 2.29. The monoisotopic (exact) mass is 382 g/mol. The number of nitrogens with one attached hydrogen (secondary N) is 3. The third-order valence-corrected chi connectivity index (χ3v) is 3.64. The summed E-state index contributed by atoms with van der Waals surface area (Å²) in [6.45, 7) is 7.29. The van der Waals surface area contributed by atoms with Crippen LogP contribution in [0.5, 0.6) is 0 Å². The van der Waals surface area contributed by atoms with Crippen LogP contribution in [0.4, 0.5) is 0 Å². The normalized spacial score (nSPS) is 11.2. The summed E-state index contributed by atoms with van der Waals surface area (Å²) < 4.78 is 0.906. The highest BCUT2D eigenvalue weighted by molar-refractivity contribution is 9.10. The van der Waals surface area contributed by atoms with Crippen LogP contribution >= 0.6 is 15.9 Å². The maximum atomic E-state index is 12.0. The number of guanidine groups is 1. The molecular weight excluding hydrogens is 356 g/mol. The maximum Gasteiger partial charge on any atom is 0.251 e. The molecule has 0 saturated heterocycles. The van der Waals surface area contributed by atoms with Crippen molar-refractivity contribution in [3.8, 4) is 0 Å². The first-order valence-corrected chi connectivity index (χ1v) is 9.02. The van der Waals surface area contributed by atoms with Crippen LogP contribution < -0.4 is 16.0 Å². The summed E-state index contributed by atoms with van der Waals surface area (Å²) in [5.74, 6) is 0.794. The molecule has 0 bridgehead atoms. The van der Waals surface area contributed by atoms with E-state index in [1.54, 1.807) is 6.07 Å². The van der Waals surface area contributed by atoms with Crippen molar-refractivity contribution in [1.29, 1.82) is 0 Å². The van der Waals surface area contributed by atoms with Gasteiger partial charge in [0, 0.05) is 36.2 Å². The molecule has 1 aromatic rings. The number of hydrogen-bond donors (Lipinski definition) is 3. The SMILES string of the molecule is CCCCNC(=NCCCNC(=O)c1cccc(Br)c1)NCC. The first kappa shape index (κ1) is 19.5. The molecule has 0 aliphatic rings. The highest BCUT2D eigenvalue weighted by atomic mass is 79.9. The van der Waals surface area contributed by atoms with Crippen molar-refractivity contribution < 1.29 is 4.79 Å². The van der Waals surface area contributed by atoms with E-state index < -0.39 is 0 Å². The number of rotatable bonds is 9. The molecule has 0 atom stereocenters. The van der Waals surface area contributed by atoms with Crippen molar-refractivity contribution in [3.05, 3.63) is 34.3 Å². The zero-order chi connectivity index (χ0) is 16.9. The van der Waals surface area contributed by atoms with Crippen molar-refractivity contribution in [2.75, 3.05) is 26.2 Å². The lowest BCUT2D eigenvalue weighted by Gasteiger charge is -2.10. The van der Waals surface area contributed by atoms with Gasteiger partial charge in [0.05, 0.1) is 0 Å². The van der Waals surface area contributed by atoms with E-state index in [-0.39, 0.29) is 5.91 Å². The molecule has 1 rings (SSSR count). The molecule has 6 heteroatoms.